The second-order valence-corrected chi connectivity index (χ2v) is 6.29. The lowest BCUT2D eigenvalue weighted by molar-refractivity contribution is 0.0771. The van der Waals surface area contributed by atoms with Gasteiger partial charge < -0.3 is 10.6 Å². The Balaban J connectivity index is 1.67. The third kappa shape index (κ3) is 3.14. The van der Waals surface area contributed by atoms with Crippen LogP contribution in [0.25, 0.3) is 0 Å². The van der Waals surface area contributed by atoms with Gasteiger partial charge in [-0.2, -0.15) is 0 Å². The van der Waals surface area contributed by atoms with Crippen LogP contribution in [0.4, 0.5) is 5.82 Å². The quantitative estimate of drug-likeness (QED) is 0.908. The van der Waals surface area contributed by atoms with Crippen LogP contribution in [0.3, 0.4) is 0 Å². The molecule has 1 aromatic rings. The number of amides is 1. The Morgan fingerprint density at radius 2 is 2.05 bits per heavy atom. The van der Waals surface area contributed by atoms with E-state index in [-0.39, 0.29) is 5.91 Å². The Bertz CT molecular complexity index is 530. The van der Waals surface area contributed by atoms with E-state index in [4.69, 9.17) is 17.3 Å². The van der Waals surface area contributed by atoms with Crippen molar-refractivity contribution in [2.24, 2.45) is 0 Å². The summed E-state index contributed by atoms with van der Waals surface area (Å²) < 4.78 is 0. The van der Waals surface area contributed by atoms with E-state index in [1.165, 1.54) is 25.5 Å². The van der Waals surface area contributed by atoms with E-state index < -0.39 is 0 Å². The number of halogens is 1. The molecule has 2 saturated heterocycles. The highest BCUT2D eigenvalue weighted by Crippen LogP contribution is 2.24. The van der Waals surface area contributed by atoms with Crippen molar-refractivity contribution in [3.05, 3.63) is 22.8 Å². The molecule has 0 spiro atoms. The molecule has 6 heteroatoms. The molecule has 1 unspecified atom stereocenters. The van der Waals surface area contributed by atoms with Crippen molar-refractivity contribution < 1.29 is 4.79 Å². The van der Waals surface area contributed by atoms with Gasteiger partial charge in [0.25, 0.3) is 5.91 Å². The number of nitrogens with zero attached hydrogens (tertiary/aromatic N) is 3. The van der Waals surface area contributed by atoms with Gasteiger partial charge in [0, 0.05) is 25.3 Å². The van der Waals surface area contributed by atoms with Crippen LogP contribution in [-0.4, -0.2) is 52.9 Å². The number of likely N-dealkylation sites (tertiary alicyclic amines) is 2. The lowest BCUT2D eigenvalue weighted by atomic mass is 10.1. The molecule has 3 rings (SSSR count). The number of rotatable bonds is 2. The number of carbonyl (C=O) groups excluding carboxylic acids is 1. The molecule has 2 aliphatic rings. The first kappa shape index (κ1) is 14.6. The van der Waals surface area contributed by atoms with Crippen LogP contribution in [0.5, 0.6) is 0 Å². The van der Waals surface area contributed by atoms with E-state index in [0.717, 1.165) is 32.6 Å². The monoisotopic (exact) mass is 308 g/mol. The number of anilines is 1. The van der Waals surface area contributed by atoms with Crippen LogP contribution in [0.2, 0.25) is 5.02 Å². The lowest BCUT2D eigenvalue weighted by Crippen LogP contribution is -2.41. The summed E-state index contributed by atoms with van der Waals surface area (Å²) in [6.45, 7) is 3.90. The van der Waals surface area contributed by atoms with Gasteiger partial charge in [-0.3, -0.25) is 9.69 Å². The first-order chi connectivity index (χ1) is 10.1. The van der Waals surface area contributed by atoms with Gasteiger partial charge in [-0.25, -0.2) is 4.98 Å². The molecule has 1 aromatic heterocycles. The minimum Gasteiger partial charge on any atom is -0.384 e. The van der Waals surface area contributed by atoms with Crippen LogP contribution in [-0.2, 0) is 0 Å². The average Bonchev–Trinajstić information content (AvgIpc) is 3.00. The number of piperidine rings is 1. The zero-order valence-electron chi connectivity index (χ0n) is 12.1. The normalized spacial score (nSPS) is 23.5. The van der Waals surface area contributed by atoms with Crippen molar-refractivity contribution in [2.45, 2.75) is 31.7 Å². The number of hydrogen-bond donors (Lipinski definition) is 1. The molecule has 114 valence electrons. The molecule has 1 atom stereocenters. The van der Waals surface area contributed by atoms with Gasteiger partial charge in [0.1, 0.15) is 5.82 Å². The lowest BCUT2D eigenvalue weighted by Gasteiger charge is -2.32. The van der Waals surface area contributed by atoms with E-state index in [1.54, 1.807) is 6.07 Å². The third-order valence-corrected chi connectivity index (χ3v) is 4.77. The van der Waals surface area contributed by atoms with Gasteiger partial charge in [-0.15, -0.1) is 0 Å². The molecule has 5 nitrogen and oxygen atoms in total. The Hall–Kier alpha value is -1.33. The molecule has 21 heavy (non-hydrogen) atoms. The van der Waals surface area contributed by atoms with E-state index in [1.807, 2.05) is 4.90 Å². The summed E-state index contributed by atoms with van der Waals surface area (Å²) >= 11 is 6.08. The summed E-state index contributed by atoms with van der Waals surface area (Å²) in [7, 11) is 0. The summed E-state index contributed by atoms with van der Waals surface area (Å²) in [6.07, 6.45) is 6.37. The number of hydrogen-bond acceptors (Lipinski definition) is 4. The Morgan fingerprint density at radius 1 is 1.29 bits per heavy atom. The summed E-state index contributed by atoms with van der Waals surface area (Å²) in [4.78, 5) is 20.9. The number of pyridine rings is 1. The molecule has 2 N–H and O–H groups in total. The smallest absolute Gasteiger partial charge is 0.255 e. The number of aromatic nitrogens is 1. The minimum absolute atomic E-state index is 0.0337. The molecule has 3 heterocycles. The number of nitrogen functional groups attached to an aromatic ring is 1. The highest BCUT2D eigenvalue weighted by Gasteiger charge is 2.32. The first-order valence-electron chi connectivity index (χ1n) is 7.59. The predicted molar refractivity (Wildman–Crippen MR) is 83.4 cm³/mol. The largest absolute Gasteiger partial charge is 0.384 e. The van der Waals surface area contributed by atoms with E-state index in [2.05, 4.69) is 9.88 Å². The summed E-state index contributed by atoms with van der Waals surface area (Å²) in [6, 6.07) is 2.06. The maximum absolute atomic E-state index is 12.6. The maximum atomic E-state index is 12.6. The van der Waals surface area contributed by atoms with Gasteiger partial charge in [0.2, 0.25) is 0 Å². The first-order valence-corrected chi connectivity index (χ1v) is 7.97. The molecule has 0 aliphatic carbocycles. The van der Waals surface area contributed by atoms with E-state index in [9.17, 15) is 4.79 Å². The predicted octanol–water partition coefficient (Wildman–Crippen LogP) is 2.02. The number of carbonyl (C=O) groups is 1. The molecule has 0 saturated carbocycles. The van der Waals surface area contributed by atoms with Crippen molar-refractivity contribution in [1.29, 1.82) is 0 Å². The third-order valence-electron chi connectivity index (χ3n) is 4.46. The van der Waals surface area contributed by atoms with Crippen LogP contribution in [0.1, 0.15) is 36.0 Å². The SMILES string of the molecule is Nc1cc(C(=O)N2CCC(N3CCCCC3)C2)c(Cl)cn1. The van der Waals surface area contributed by atoms with Crippen molar-refractivity contribution in [2.75, 3.05) is 31.9 Å². The molecule has 2 fully saturated rings. The second-order valence-electron chi connectivity index (χ2n) is 5.88. The average molecular weight is 309 g/mol. The molecular formula is C15H21ClN4O. The minimum atomic E-state index is -0.0337. The standard InChI is InChI=1S/C15H21ClN4O/c16-13-9-18-14(17)8-12(13)15(21)20-7-4-11(10-20)19-5-2-1-3-6-19/h8-9,11H,1-7,10H2,(H2,17,18). The van der Waals surface area contributed by atoms with Crippen molar-refractivity contribution >= 4 is 23.3 Å². The van der Waals surface area contributed by atoms with E-state index in [0.29, 0.717) is 22.4 Å². The fourth-order valence-electron chi connectivity index (χ4n) is 3.30. The Kier molecular flexibility index (Phi) is 4.31. The zero-order valence-corrected chi connectivity index (χ0v) is 12.9. The summed E-state index contributed by atoms with van der Waals surface area (Å²) in [5, 5.41) is 0.371. The Morgan fingerprint density at radius 3 is 2.81 bits per heavy atom. The van der Waals surface area contributed by atoms with Gasteiger partial charge in [-0.05, 0) is 38.4 Å². The summed E-state index contributed by atoms with van der Waals surface area (Å²) in [5.74, 6) is 0.295. The van der Waals surface area contributed by atoms with Crippen LogP contribution in [0, 0.1) is 0 Å². The van der Waals surface area contributed by atoms with Gasteiger partial charge in [0.15, 0.2) is 0 Å². The molecule has 0 bridgehead atoms. The van der Waals surface area contributed by atoms with Crippen molar-refractivity contribution in [3.63, 3.8) is 0 Å². The van der Waals surface area contributed by atoms with Gasteiger partial charge in [-0.1, -0.05) is 18.0 Å². The highest BCUT2D eigenvalue weighted by atomic mass is 35.5. The van der Waals surface area contributed by atoms with Crippen LogP contribution in [0.15, 0.2) is 12.3 Å². The molecule has 0 aromatic carbocycles. The fraction of sp³-hybridized carbons (Fsp3) is 0.600. The van der Waals surface area contributed by atoms with Gasteiger partial charge in [0.05, 0.1) is 10.6 Å². The van der Waals surface area contributed by atoms with Crippen molar-refractivity contribution in [1.82, 2.24) is 14.8 Å². The molecule has 1 amide bonds. The molecule has 2 aliphatic heterocycles. The summed E-state index contributed by atoms with van der Waals surface area (Å²) in [5.41, 5.74) is 6.12. The van der Waals surface area contributed by atoms with Crippen LogP contribution < -0.4 is 5.73 Å². The van der Waals surface area contributed by atoms with Crippen LogP contribution >= 0.6 is 11.6 Å². The fourth-order valence-corrected chi connectivity index (χ4v) is 3.48. The highest BCUT2D eigenvalue weighted by molar-refractivity contribution is 6.33. The number of nitrogens with two attached hydrogens (primary N) is 1. The topological polar surface area (TPSA) is 62.5 Å². The second kappa shape index (κ2) is 6.20. The van der Waals surface area contributed by atoms with E-state index >= 15 is 0 Å². The molecular weight excluding hydrogens is 288 g/mol. The van der Waals surface area contributed by atoms with Gasteiger partial charge >= 0.3 is 0 Å². The zero-order chi connectivity index (χ0) is 14.8. The molecule has 0 radical (unpaired) electrons. The van der Waals surface area contributed by atoms with Crippen molar-refractivity contribution in [3.8, 4) is 0 Å². The maximum Gasteiger partial charge on any atom is 0.255 e. The Labute approximate surface area is 130 Å².